The highest BCUT2D eigenvalue weighted by Crippen LogP contribution is 2.28. The van der Waals surface area contributed by atoms with Crippen LogP contribution in [-0.2, 0) is 0 Å². The van der Waals surface area contributed by atoms with E-state index in [2.05, 4.69) is 0 Å². The van der Waals surface area contributed by atoms with Gasteiger partial charge in [-0.3, -0.25) is 0 Å². The summed E-state index contributed by atoms with van der Waals surface area (Å²) >= 11 is 0. The first-order chi connectivity index (χ1) is 8.58. The first-order valence-electron chi connectivity index (χ1n) is 5.77. The van der Waals surface area contributed by atoms with E-state index in [0.29, 0.717) is 0 Å². The van der Waals surface area contributed by atoms with Gasteiger partial charge in [0.05, 0.1) is 0 Å². The molecule has 0 radical (unpaired) electrons. The van der Waals surface area contributed by atoms with Gasteiger partial charge in [-0.25, -0.2) is 8.78 Å². The maximum atomic E-state index is 14.0. The molecule has 0 aliphatic heterocycles. The average Bonchev–Trinajstić information content (AvgIpc) is 2.39. The van der Waals surface area contributed by atoms with Crippen LogP contribution in [0.5, 0.6) is 0 Å². The van der Waals surface area contributed by atoms with Crippen molar-refractivity contribution in [3.63, 3.8) is 0 Å². The van der Waals surface area contributed by atoms with E-state index in [0.717, 1.165) is 11.1 Å². The maximum absolute atomic E-state index is 14.0. The molecule has 0 N–H and O–H groups in total. The predicted molar refractivity (Wildman–Crippen MR) is 71.4 cm³/mol. The molecular weight excluding hydrogens is 230 g/mol. The van der Waals surface area contributed by atoms with E-state index < -0.39 is 11.7 Å². The number of benzene rings is 2. The van der Waals surface area contributed by atoms with Crippen LogP contribution in [-0.4, -0.2) is 0 Å². The largest absolute Gasteiger partial charge is 0.203 e. The minimum atomic E-state index is -0.821. The van der Waals surface area contributed by atoms with Crippen molar-refractivity contribution in [2.24, 2.45) is 0 Å². The first-order valence-corrected chi connectivity index (χ1v) is 5.77. The minimum Gasteiger partial charge on any atom is -0.203 e. The molecule has 0 saturated carbocycles. The fourth-order valence-corrected chi connectivity index (χ4v) is 1.65. The molecule has 0 aliphatic carbocycles. The van der Waals surface area contributed by atoms with Gasteiger partial charge in [-0.2, -0.15) is 0 Å². The van der Waals surface area contributed by atoms with E-state index in [1.54, 1.807) is 48.5 Å². The molecule has 0 atom stereocenters. The lowest BCUT2D eigenvalue weighted by Crippen LogP contribution is -1.85. The van der Waals surface area contributed by atoms with Crippen molar-refractivity contribution in [2.75, 3.05) is 0 Å². The van der Waals surface area contributed by atoms with Crippen LogP contribution in [0.3, 0.4) is 0 Å². The second kappa shape index (κ2) is 5.13. The third-order valence-electron chi connectivity index (χ3n) is 2.80. The second-order valence-electron chi connectivity index (χ2n) is 4.36. The summed E-state index contributed by atoms with van der Waals surface area (Å²) < 4.78 is 27.9. The molecule has 18 heavy (non-hydrogen) atoms. The molecule has 0 fully saturated rings. The Bertz CT molecular complexity index is 510. The first kappa shape index (κ1) is 12.5. The summed E-state index contributed by atoms with van der Waals surface area (Å²) in [7, 11) is 0. The number of hydrogen-bond donors (Lipinski definition) is 0. The highest BCUT2D eigenvalue weighted by atomic mass is 19.2. The van der Waals surface area contributed by atoms with Crippen molar-refractivity contribution in [3.8, 4) is 0 Å². The van der Waals surface area contributed by atoms with E-state index in [9.17, 15) is 8.78 Å². The van der Waals surface area contributed by atoms with Crippen molar-refractivity contribution >= 4 is 11.7 Å². The van der Waals surface area contributed by atoms with Crippen LogP contribution in [0.4, 0.5) is 8.78 Å². The van der Waals surface area contributed by atoms with E-state index in [4.69, 9.17) is 0 Å². The van der Waals surface area contributed by atoms with Crippen LogP contribution in [0.25, 0.3) is 11.7 Å². The molecule has 0 saturated heterocycles. The number of aryl methyl sites for hydroxylation is 2. The topological polar surface area (TPSA) is 0 Å². The normalized spacial score (nSPS) is 12.2. The highest BCUT2D eigenvalue weighted by Gasteiger charge is 2.10. The summed E-state index contributed by atoms with van der Waals surface area (Å²) in [5.41, 5.74) is 2.56. The van der Waals surface area contributed by atoms with Crippen LogP contribution in [0, 0.1) is 13.8 Å². The zero-order chi connectivity index (χ0) is 13.1. The molecule has 0 amide bonds. The zero-order valence-corrected chi connectivity index (χ0v) is 10.4. The van der Waals surface area contributed by atoms with E-state index in [1.165, 1.54) is 0 Å². The Balaban J connectivity index is 2.40. The maximum Gasteiger partial charge on any atom is 0.166 e. The monoisotopic (exact) mass is 244 g/mol. The van der Waals surface area contributed by atoms with E-state index in [-0.39, 0.29) is 11.1 Å². The van der Waals surface area contributed by atoms with Crippen LogP contribution in [0.1, 0.15) is 22.3 Å². The van der Waals surface area contributed by atoms with Gasteiger partial charge in [0.1, 0.15) is 0 Å². The van der Waals surface area contributed by atoms with Gasteiger partial charge in [0.25, 0.3) is 0 Å². The van der Waals surface area contributed by atoms with Crippen molar-refractivity contribution in [3.05, 3.63) is 70.8 Å². The number of halogens is 2. The molecule has 0 aliphatic rings. The molecule has 2 aromatic carbocycles. The zero-order valence-electron chi connectivity index (χ0n) is 10.4. The van der Waals surface area contributed by atoms with Gasteiger partial charge in [-0.15, -0.1) is 0 Å². The van der Waals surface area contributed by atoms with Crippen LogP contribution in [0.2, 0.25) is 0 Å². The quantitative estimate of drug-likeness (QED) is 0.647. The van der Waals surface area contributed by atoms with E-state index in [1.807, 2.05) is 13.8 Å². The predicted octanol–water partition coefficient (Wildman–Crippen LogP) is 5.07. The third-order valence-corrected chi connectivity index (χ3v) is 2.80. The summed E-state index contributed by atoms with van der Waals surface area (Å²) in [6.45, 7) is 3.81. The Hall–Kier alpha value is -1.96. The molecule has 0 nitrogen and oxygen atoms in total. The summed E-state index contributed by atoms with van der Waals surface area (Å²) in [6, 6.07) is 13.4. The molecule has 92 valence electrons. The number of rotatable bonds is 2. The van der Waals surface area contributed by atoms with Crippen molar-refractivity contribution in [1.29, 1.82) is 0 Å². The fourth-order valence-electron chi connectivity index (χ4n) is 1.65. The molecule has 2 aromatic rings. The van der Waals surface area contributed by atoms with Crippen LogP contribution >= 0.6 is 0 Å². The Labute approximate surface area is 106 Å². The molecule has 0 bridgehead atoms. The Morgan fingerprint density at radius 1 is 0.611 bits per heavy atom. The van der Waals surface area contributed by atoms with Gasteiger partial charge in [0.2, 0.25) is 0 Å². The third kappa shape index (κ3) is 2.65. The minimum absolute atomic E-state index is 0.263. The van der Waals surface area contributed by atoms with Gasteiger partial charge < -0.3 is 0 Å². The number of hydrogen-bond acceptors (Lipinski definition) is 0. The molecule has 2 heteroatoms. The van der Waals surface area contributed by atoms with E-state index >= 15 is 0 Å². The van der Waals surface area contributed by atoms with Crippen LogP contribution in [0.15, 0.2) is 48.5 Å². The van der Waals surface area contributed by atoms with Crippen molar-refractivity contribution in [2.45, 2.75) is 13.8 Å². The SMILES string of the molecule is Cc1ccc(/C(F)=C(/F)c2ccc(C)cc2)cc1. The summed E-state index contributed by atoms with van der Waals surface area (Å²) in [5, 5.41) is 0. The van der Waals surface area contributed by atoms with Crippen LogP contribution < -0.4 is 0 Å². The molecule has 2 rings (SSSR count). The molecule has 0 unspecified atom stereocenters. The van der Waals surface area contributed by atoms with Gasteiger partial charge in [-0.05, 0) is 13.8 Å². The molecule has 0 heterocycles. The molecular formula is C16H14F2. The van der Waals surface area contributed by atoms with Crippen molar-refractivity contribution < 1.29 is 8.78 Å². The molecule has 0 spiro atoms. The molecule has 0 aromatic heterocycles. The Morgan fingerprint density at radius 2 is 0.889 bits per heavy atom. The van der Waals surface area contributed by atoms with Crippen molar-refractivity contribution in [1.82, 2.24) is 0 Å². The standard InChI is InChI=1S/C16H14F2/c1-11-3-7-13(8-4-11)15(17)16(18)14-9-5-12(2)6-10-14/h3-10H,1-2H3/b16-15-. The summed E-state index contributed by atoms with van der Waals surface area (Å²) in [6.07, 6.45) is 0. The Kier molecular flexibility index (Phi) is 3.56. The van der Waals surface area contributed by atoms with Gasteiger partial charge in [-0.1, -0.05) is 59.7 Å². The summed E-state index contributed by atoms with van der Waals surface area (Å²) in [5.74, 6) is -1.64. The fraction of sp³-hybridized carbons (Fsp3) is 0.125. The van der Waals surface area contributed by atoms with Gasteiger partial charge >= 0.3 is 0 Å². The highest BCUT2D eigenvalue weighted by molar-refractivity contribution is 5.83. The lowest BCUT2D eigenvalue weighted by atomic mass is 10.1. The van der Waals surface area contributed by atoms with Gasteiger partial charge in [0.15, 0.2) is 11.7 Å². The Morgan fingerprint density at radius 3 is 1.17 bits per heavy atom. The second-order valence-corrected chi connectivity index (χ2v) is 4.36. The lowest BCUT2D eigenvalue weighted by Gasteiger charge is -2.03. The average molecular weight is 244 g/mol. The summed E-state index contributed by atoms with van der Waals surface area (Å²) in [4.78, 5) is 0. The smallest absolute Gasteiger partial charge is 0.166 e. The lowest BCUT2D eigenvalue weighted by molar-refractivity contribution is 0.700. The van der Waals surface area contributed by atoms with Gasteiger partial charge in [0, 0.05) is 11.1 Å².